The van der Waals surface area contributed by atoms with Gasteiger partial charge in [-0.3, -0.25) is 4.98 Å². The third kappa shape index (κ3) is 1.69. The van der Waals surface area contributed by atoms with Gasteiger partial charge in [0, 0.05) is 12.4 Å². The van der Waals surface area contributed by atoms with Gasteiger partial charge in [0.15, 0.2) is 0 Å². The van der Waals surface area contributed by atoms with E-state index in [0.717, 1.165) is 5.56 Å². The maximum Gasteiger partial charge on any atom is 0.0940 e. The van der Waals surface area contributed by atoms with Crippen molar-refractivity contribution in [3.8, 4) is 0 Å². The number of halogens is 1. The van der Waals surface area contributed by atoms with Gasteiger partial charge in [-0.2, -0.15) is 0 Å². The maximum atomic E-state index is 9.16. The van der Waals surface area contributed by atoms with Crippen molar-refractivity contribution >= 4 is 11.6 Å². The Morgan fingerprint density at radius 1 is 1.70 bits per heavy atom. The topological polar surface area (TPSA) is 33.1 Å². The van der Waals surface area contributed by atoms with Gasteiger partial charge in [0.1, 0.15) is 0 Å². The molecule has 0 aliphatic carbocycles. The van der Waals surface area contributed by atoms with E-state index in [1.165, 1.54) is 0 Å². The molecule has 0 amide bonds. The van der Waals surface area contributed by atoms with Crippen molar-refractivity contribution in [3.05, 3.63) is 30.1 Å². The molecule has 1 aromatic heterocycles. The minimum absolute atomic E-state index is 0.214. The van der Waals surface area contributed by atoms with Gasteiger partial charge in [-0.1, -0.05) is 6.07 Å². The Hall–Kier alpha value is -0.600. The molecule has 0 fully saturated rings. The standard InChI is InChI=1S/C7H8ClNO/c8-4-7(10)6-2-1-3-9-5-6/h1-3,5,7,10H,4H2. The molecule has 0 bridgehead atoms. The zero-order chi connectivity index (χ0) is 7.40. The Morgan fingerprint density at radius 3 is 3.00 bits per heavy atom. The van der Waals surface area contributed by atoms with E-state index in [-0.39, 0.29) is 5.88 Å². The fourth-order valence-corrected chi connectivity index (χ4v) is 0.840. The fraction of sp³-hybridized carbons (Fsp3) is 0.286. The summed E-state index contributed by atoms with van der Waals surface area (Å²) < 4.78 is 0. The van der Waals surface area contributed by atoms with Crippen LogP contribution in [-0.2, 0) is 0 Å². The Bertz CT molecular complexity index is 190. The average molecular weight is 158 g/mol. The van der Waals surface area contributed by atoms with Crippen molar-refractivity contribution in [2.24, 2.45) is 0 Å². The molecule has 1 atom stereocenters. The molecule has 10 heavy (non-hydrogen) atoms. The van der Waals surface area contributed by atoms with Gasteiger partial charge in [-0.15, -0.1) is 11.6 Å². The molecule has 2 nitrogen and oxygen atoms in total. The van der Waals surface area contributed by atoms with E-state index in [9.17, 15) is 0 Å². The molecule has 0 saturated heterocycles. The Kier molecular flexibility index (Phi) is 2.66. The summed E-state index contributed by atoms with van der Waals surface area (Å²) in [5.41, 5.74) is 0.762. The second-order valence-electron chi connectivity index (χ2n) is 1.96. The Balaban J connectivity index is 2.75. The van der Waals surface area contributed by atoms with Crippen molar-refractivity contribution in [1.82, 2.24) is 4.98 Å². The number of aromatic nitrogens is 1. The van der Waals surface area contributed by atoms with E-state index in [2.05, 4.69) is 4.98 Å². The SMILES string of the molecule is OC(CCl)c1cccnc1. The molecular weight excluding hydrogens is 150 g/mol. The molecule has 1 rings (SSSR count). The molecule has 0 aliphatic rings. The van der Waals surface area contributed by atoms with E-state index in [4.69, 9.17) is 16.7 Å². The van der Waals surface area contributed by atoms with E-state index in [1.54, 1.807) is 24.5 Å². The largest absolute Gasteiger partial charge is 0.387 e. The highest BCUT2D eigenvalue weighted by molar-refractivity contribution is 6.18. The summed E-state index contributed by atoms with van der Waals surface area (Å²) in [4.78, 5) is 3.84. The summed E-state index contributed by atoms with van der Waals surface area (Å²) in [6.45, 7) is 0. The lowest BCUT2D eigenvalue weighted by Gasteiger charge is -2.03. The van der Waals surface area contributed by atoms with Crippen LogP contribution in [0.25, 0.3) is 0 Å². The van der Waals surface area contributed by atoms with E-state index in [0.29, 0.717) is 0 Å². The van der Waals surface area contributed by atoms with Crippen molar-refractivity contribution in [2.45, 2.75) is 6.10 Å². The zero-order valence-corrected chi connectivity index (χ0v) is 6.12. The molecular formula is C7H8ClNO. The monoisotopic (exact) mass is 157 g/mol. The van der Waals surface area contributed by atoms with E-state index >= 15 is 0 Å². The number of hydrogen-bond acceptors (Lipinski definition) is 2. The Labute approximate surface area is 64.5 Å². The minimum Gasteiger partial charge on any atom is -0.387 e. The van der Waals surface area contributed by atoms with Crippen LogP contribution >= 0.6 is 11.6 Å². The first-order valence-corrected chi connectivity index (χ1v) is 3.52. The van der Waals surface area contributed by atoms with Crippen LogP contribution in [0.15, 0.2) is 24.5 Å². The number of pyridine rings is 1. The van der Waals surface area contributed by atoms with Crippen LogP contribution in [0.4, 0.5) is 0 Å². The molecule has 0 aromatic carbocycles. The first-order valence-electron chi connectivity index (χ1n) is 2.98. The van der Waals surface area contributed by atoms with Gasteiger partial charge in [-0.25, -0.2) is 0 Å². The molecule has 1 N–H and O–H groups in total. The Morgan fingerprint density at radius 2 is 2.50 bits per heavy atom. The maximum absolute atomic E-state index is 9.16. The number of aliphatic hydroxyl groups is 1. The van der Waals surface area contributed by atoms with Crippen LogP contribution in [0, 0.1) is 0 Å². The molecule has 1 unspecified atom stereocenters. The van der Waals surface area contributed by atoms with E-state index < -0.39 is 6.10 Å². The van der Waals surface area contributed by atoms with E-state index in [1.807, 2.05) is 0 Å². The first-order chi connectivity index (χ1) is 4.84. The number of nitrogens with zero attached hydrogens (tertiary/aromatic N) is 1. The van der Waals surface area contributed by atoms with Crippen LogP contribution in [0.3, 0.4) is 0 Å². The number of alkyl halides is 1. The molecule has 0 aliphatic heterocycles. The highest BCUT2D eigenvalue weighted by Gasteiger charge is 2.03. The van der Waals surface area contributed by atoms with Crippen LogP contribution in [0.1, 0.15) is 11.7 Å². The van der Waals surface area contributed by atoms with Gasteiger partial charge in [0.25, 0.3) is 0 Å². The summed E-state index contributed by atoms with van der Waals surface area (Å²) in [5.74, 6) is 0.214. The second-order valence-corrected chi connectivity index (χ2v) is 2.27. The molecule has 1 aromatic rings. The van der Waals surface area contributed by atoms with Gasteiger partial charge in [-0.05, 0) is 11.6 Å². The highest BCUT2D eigenvalue weighted by atomic mass is 35.5. The lowest BCUT2D eigenvalue weighted by molar-refractivity contribution is 0.202. The van der Waals surface area contributed by atoms with Gasteiger partial charge < -0.3 is 5.11 Å². The quantitative estimate of drug-likeness (QED) is 0.658. The number of rotatable bonds is 2. The third-order valence-electron chi connectivity index (χ3n) is 1.22. The van der Waals surface area contributed by atoms with Gasteiger partial charge in [0.05, 0.1) is 12.0 Å². The number of hydrogen-bond donors (Lipinski definition) is 1. The number of aliphatic hydroxyl groups excluding tert-OH is 1. The van der Waals surface area contributed by atoms with Crippen molar-refractivity contribution in [3.63, 3.8) is 0 Å². The van der Waals surface area contributed by atoms with Crippen LogP contribution in [0.2, 0.25) is 0 Å². The summed E-state index contributed by atoms with van der Waals surface area (Å²) >= 11 is 5.41. The van der Waals surface area contributed by atoms with Gasteiger partial charge >= 0.3 is 0 Å². The van der Waals surface area contributed by atoms with Crippen molar-refractivity contribution < 1.29 is 5.11 Å². The van der Waals surface area contributed by atoms with Crippen LogP contribution in [-0.4, -0.2) is 16.0 Å². The molecule has 0 saturated carbocycles. The van der Waals surface area contributed by atoms with Crippen molar-refractivity contribution in [2.75, 3.05) is 5.88 Å². The lowest BCUT2D eigenvalue weighted by atomic mass is 10.2. The average Bonchev–Trinajstić information content (AvgIpc) is 2.05. The van der Waals surface area contributed by atoms with Gasteiger partial charge in [0.2, 0.25) is 0 Å². The smallest absolute Gasteiger partial charge is 0.0940 e. The fourth-order valence-electron chi connectivity index (χ4n) is 0.662. The van der Waals surface area contributed by atoms with Crippen LogP contribution in [0.5, 0.6) is 0 Å². The molecule has 1 heterocycles. The summed E-state index contributed by atoms with van der Waals surface area (Å²) in [5, 5.41) is 9.16. The second kappa shape index (κ2) is 3.54. The molecule has 0 radical (unpaired) electrons. The summed E-state index contributed by atoms with van der Waals surface area (Å²) in [7, 11) is 0. The van der Waals surface area contributed by atoms with Crippen molar-refractivity contribution in [1.29, 1.82) is 0 Å². The zero-order valence-electron chi connectivity index (χ0n) is 5.37. The summed E-state index contributed by atoms with van der Waals surface area (Å²) in [6, 6.07) is 3.56. The third-order valence-corrected chi connectivity index (χ3v) is 1.51. The normalized spacial score (nSPS) is 13.0. The molecule has 0 spiro atoms. The predicted molar refractivity (Wildman–Crippen MR) is 39.9 cm³/mol. The lowest BCUT2D eigenvalue weighted by Crippen LogP contribution is -1.97. The minimum atomic E-state index is -0.588. The first kappa shape index (κ1) is 7.51. The molecule has 3 heteroatoms. The molecule has 54 valence electrons. The predicted octanol–water partition coefficient (Wildman–Crippen LogP) is 1.35. The van der Waals surface area contributed by atoms with Crippen LogP contribution < -0.4 is 0 Å². The summed E-state index contributed by atoms with van der Waals surface area (Å²) in [6.07, 6.45) is 2.67. The highest BCUT2D eigenvalue weighted by Crippen LogP contribution is 2.11.